The average molecular weight is 364 g/mol. The molecule has 0 saturated carbocycles. The van der Waals surface area contributed by atoms with Crippen LogP contribution in [-0.2, 0) is 9.53 Å². The Morgan fingerprint density at radius 3 is 2.94 bits per heavy atom. The maximum Gasteiger partial charge on any atom is 0.329 e. The van der Waals surface area contributed by atoms with E-state index in [0.29, 0.717) is 12.2 Å². The van der Waals surface area contributed by atoms with Crippen LogP contribution in [0.1, 0.15) is 11.7 Å². The second-order valence-corrected chi connectivity index (χ2v) is 4.94. The molecule has 17 heavy (non-hydrogen) atoms. The summed E-state index contributed by atoms with van der Waals surface area (Å²) in [7, 11) is 1.34. The third-order valence-corrected chi connectivity index (χ3v) is 3.08. The SMILES string of the molecule is C=CCNC(C(=O)OC)c1ncc(Br)cc1Br. The van der Waals surface area contributed by atoms with Gasteiger partial charge in [-0.3, -0.25) is 10.3 Å². The summed E-state index contributed by atoms with van der Waals surface area (Å²) in [6.45, 7) is 4.08. The molecule has 1 aromatic heterocycles. The van der Waals surface area contributed by atoms with Gasteiger partial charge in [0.05, 0.1) is 12.8 Å². The summed E-state index contributed by atoms with van der Waals surface area (Å²) < 4.78 is 6.31. The van der Waals surface area contributed by atoms with Crippen molar-refractivity contribution in [2.45, 2.75) is 6.04 Å². The number of carbonyl (C=O) groups is 1. The van der Waals surface area contributed by atoms with Crippen LogP contribution in [0.5, 0.6) is 0 Å². The van der Waals surface area contributed by atoms with Crippen LogP contribution < -0.4 is 5.32 Å². The Labute approximate surface area is 117 Å². The van der Waals surface area contributed by atoms with Crippen molar-refractivity contribution >= 4 is 37.8 Å². The molecule has 0 radical (unpaired) electrons. The fourth-order valence-corrected chi connectivity index (χ4v) is 2.46. The molecule has 92 valence electrons. The number of pyridine rings is 1. The molecule has 0 bridgehead atoms. The highest BCUT2D eigenvalue weighted by molar-refractivity contribution is 9.11. The molecule has 1 rings (SSSR count). The number of hydrogen-bond donors (Lipinski definition) is 1. The highest BCUT2D eigenvalue weighted by atomic mass is 79.9. The van der Waals surface area contributed by atoms with E-state index < -0.39 is 6.04 Å². The van der Waals surface area contributed by atoms with Crippen LogP contribution in [0.25, 0.3) is 0 Å². The molecule has 0 saturated heterocycles. The quantitative estimate of drug-likeness (QED) is 0.645. The topological polar surface area (TPSA) is 51.2 Å². The van der Waals surface area contributed by atoms with Gasteiger partial charge in [-0.1, -0.05) is 6.08 Å². The van der Waals surface area contributed by atoms with Crippen molar-refractivity contribution in [1.29, 1.82) is 0 Å². The van der Waals surface area contributed by atoms with E-state index in [1.54, 1.807) is 12.3 Å². The zero-order chi connectivity index (χ0) is 12.8. The van der Waals surface area contributed by atoms with Crippen LogP contribution in [0.3, 0.4) is 0 Å². The summed E-state index contributed by atoms with van der Waals surface area (Å²) in [6.07, 6.45) is 3.30. The lowest BCUT2D eigenvalue weighted by atomic mass is 10.2. The second kappa shape index (κ2) is 6.88. The van der Waals surface area contributed by atoms with Crippen molar-refractivity contribution in [3.8, 4) is 0 Å². The van der Waals surface area contributed by atoms with E-state index in [9.17, 15) is 4.79 Å². The fraction of sp³-hybridized carbons (Fsp3) is 0.273. The summed E-state index contributed by atoms with van der Waals surface area (Å²) in [5.74, 6) is -0.387. The number of nitrogens with zero attached hydrogens (tertiary/aromatic N) is 1. The minimum absolute atomic E-state index is 0.387. The number of hydrogen-bond acceptors (Lipinski definition) is 4. The number of methoxy groups -OCH3 is 1. The molecule has 6 heteroatoms. The van der Waals surface area contributed by atoms with Gasteiger partial charge in [-0.15, -0.1) is 6.58 Å². The first-order valence-corrected chi connectivity index (χ1v) is 6.41. The maximum absolute atomic E-state index is 11.7. The number of rotatable bonds is 5. The van der Waals surface area contributed by atoms with E-state index in [2.05, 4.69) is 48.7 Å². The lowest BCUT2D eigenvalue weighted by molar-refractivity contribution is -0.143. The standard InChI is InChI=1S/C11H12Br2N2O2/c1-3-4-14-10(11(16)17-2)9-8(13)5-7(12)6-15-9/h3,5-6,10,14H,1,4H2,2H3. The minimum Gasteiger partial charge on any atom is -0.468 e. The van der Waals surface area contributed by atoms with Gasteiger partial charge >= 0.3 is 5.97 Å². The molecule has 0 aliphatic rings. The van der Waals surface area contributed by atoms with Crippen LogP contribution in [-0.4, -0.2) is 24.6 Å². The summed E-state index contributed by atoms with van der Waals surface area (Å²) in [6, 6.07) is 1.22. The lowest BCUT2D eigenvalue weighted by Crippen LogP contribution is -2.30. The Hall–Kier alpha value is -0.720. The van der Waals surface area contributed by atoms with Gasteiger partial charge in [-0.2, -0.15) is 0 Å². The predicted octanol–water partition coefficient (Wildman–Crippen LogP) is 2.60. The Morgan fingerprint density at radius 1 is 1.71 bits per heavy atom. The molecule has 0 spiro atoms. The number of aromatic nitrogens is 1. The Morgan fingerprint density at radius 2 is 2.41 bits per heavy atom. The molecule has 1 heterocycles. The highest BCUT2D eigenvalue weighted by Crippen LogP contribution is 2.25. The summed E-state index contributed by atoms with van der Waals surface area (Å²) in [5.41, 5.74) is 0.585. The Bertz CT molecular complexity index is 424. The van der Waals surface area contributed by atoms with Gasteiger partial charge in [-0.25, -0.2) is 4.79 Å². The first-order valence-electron chi connectivity index (χ1n) is 4.83. The highest BCUT2D eigenvalue weighted by Gasteiger charge is 2.24. The lowest BCUT2D eigenvalue weighted by Gasteiger charge is -2.16. The van der Waals surface area contributed by atoms with Gasteiger partial charge in [0.2, 0.25) is 0 Å². The number of carbonyl (C=O) groups excluding carboxylic acids is 1. The average Bonchev–Trinajstić information content (AvgIpc) is 2.31. The Balaban J connectivity index is 3.03. The molecular weight excluding hydrogens is 352 g/mol. The van der Waals surface area contributed by atoms with Crippen LogP contribution >= 0.6 is 31.9 Å². The van der Waals surface area contributed by atoms with Gasteiger partial charge in [0.1, 0.15) is 6.04 Å². The minimum atomic E-state index is -0.611. The number of nitrogens with one attached hydrogen (secondary N) is 1. The molecule has 0 amide bonds. The van der Waals surface area contributed by atoms with Gasteiger partial charge in [-0.05, 0) is 37.9 Å². The van der Waals surface area contributed by atoms with Gasteiger partial charge in [0.25, 0.3) is 0 Å². The van der Waals surface area contributed by atoms with Crippen LogP contribution in [0.15, 0.2) is 33.9 Å². The third kappa shape index (κ3) is 3.90. The molecular formula is C11H12Br2N2O2. The van der Waals surface area contributed by atoms with Crippen LogP contribution in [0.2, 0.25) is 0 Å². The predicted molar refractivity (Wildman–Crippen MR) is 72.6 cm³/mol. The van der Waals surface area contributed by atoms with Crippen molar-refractivity contribution in [3.63, 3.8) is 0 Å². The maximum atomic E-state index is 11.7. The molecule has 1 aromatic rings. The zero-order valence-corrected chi connectivity index (χ0v) is 12.4. The number of halogens is 2. The van der Waals surface area contributed by atoms with Gasteiger partial charge < -0.3 is 4.74 Å². The van der Waals surface area contributed by atoms with Crippen molar-refractivity contribution in [2.75, 3.05) is 13.7 Å². The van der Waals surface area contributed by atoms with E-state index in [1.807, 2.05) is 6.07 Å². The molecule has 4 nitrogen and oxygen atoms in total. The van der Waals surface area contributed by atoms with E-state index in [-0.39, 0.29) is 5.97 Å². The van der Waals surface area contributed by atoms with E-state index in [1.165, 1.54) is 7.11 Å². The van der Waals surface area contributed by atoms with Crippen molar-refractivity contribution < 1.29 is 9.53 Å². The van der Waals surface area contributed by atoms with Gasteiger partial charge in [0, 0.05) is 21.7 Å². The van der Waals surface area contributed by atoms with E-state index in [0.717, 1.165) is 8.95 Å². The molecule has 0 aliphatic heterocycles. The smallest absolute Gasteiger partial charge is 0.329 e. The second-order valence-electron chi connectivity index (χ2n) is 3.17. The monoisotopic (exact) mass is 362 g/mol. The molecule has 1 unspecified atom stereocenters. The first kappa shape index (κ1) is 14.3. The van der Waals surface area contributed by atoms with Gasteiger partial charge in [0.15, 0.2) is 0 Å². The Kier molecular flexibility index (Phi) is 5.80. The zero-order valence-electron chi connectivity index (χ0n) is 9.24. The van der Waals surface area contributed by atoms with E-state index in [4.69, 9.17) is 4.74 Å². The van der Waals surface area contributed by atoms with E-state index >= 15 is 0 Å². The van der Waals surface area contributed by atoms with Crippen LogP contribution in [0.4, 0.5) is 0 Å². The van der Waals surface area contributed by atoms with Crippen LogP contribution in [0, 0.1) is 0 Å². The third-order valence-electron chi connectivity index (χ3n) is 2.01. The van der Waals surface area contributed by atoms with Crippen molar-refractivity contribution in [1.82, 2.24) is 10.3 Å². The number of ether oxygens (including phenoxy) is 1. The molecule has 1 N–H and O–H groups in total. The van der Waals surface area contributed by atoms with Crippen molar-refractivity contribution in [3.05, 3.63) is 39.6 Å². The molecule has 0 aromatic carbocycles. The number of esters is 1. The fourth-order valence-electron chi connectivity index (χ4n) is 1.25. The summed E-state index contributed by atoms with van der Waals surface area (Å²) in [5, 5.41) is 3.00. The summed E-state index contributed by atoms with van der Waals surface area (Å²) in [4.78, 5) is 15.9. The summed E-state index contributed by atoms with van der Waals surface area (Å²) >= 11 is 6.68. The van der Waals surface area contributed by atoms with Crippen molar-refractivity contribution in [2.24, 2.45) is 0 Å². The molecule has 1 atom stereocenters. The largest absolute Gasteiger partial charge is 0.468 e. The molecule has 0 aliphatic carbocycles. The first-order chi connectivity index (χ1) is 8.10. The normalized spacial score (nSPS) is 11.9. The molecule has 0 fully saturated rings.